The van der Waals surface area contributed by atoms with E-state index in [9.17, 15) is 4.79 Å². The first kappa shape index (κ1) is 12.9. The molecule has 1 aromatic carbocycles. The van der Waals surface area contributed by atoms with E-state index in [1.54, 1.807) is 24.3 Å². The van der Waals surface area contributed by atoms with Gasteiger partial charge in [-0.2, -0.15) is 0 Å². The normalized spacial score (nSPS) is 16.4. The minimum atomic E-state index is -0.914. The first-order valence-corrected chi connectivity index (χ1v) is 6.15. The minimum absolute atomic E-state index is 0.282. The Morgan fingerprint density at radius 3 is 2.56 bits per heavy atom. The van der Waals surface area contributed by atoms with Gasteiger partial charge in [0.2, 0.25) is 0 Å². The molecule has 2 N–H and O–H groups in total. The van der Waals surface area contributed by atoms with Gasteiger partial charge in [-0.25, -0.2) is 4.79 Å². The van der Waals surface area contributed by atoms with Crippen LogP contribution in [0, 0.1) is 0 Å². The van der Waals surface area contributed by atoms with Crippen molar-refractivity contribution in [2.45, 2.75) is 0 Å². The van der Waals surface area contributed by atoms with Crippen LogP contribution in [0.4, 0.5) is 0 Å². The van der Waals surface area contributed by atoms with Crippen LogP contribution in [0.5, 0.6) is 5.75 Å². The zero-order valence-corrected chi connectivity index (χ0v) is 10.3. The Hall–Kier alpha value is -1.59. The fraction of sp³-hybridized carbons (Fsp3) is 0.462. The highest BCUT2D eigenvalue weighted by molar-refractivity contribution is 5.87. The van der Waals surface area contributed by atoms with Crippen molar-refractivity contribution in [1.29, 1.82) is 0 Å². The number of rotatable bonds is 5. The molecule has 2 rings (SSSR count). The predicted molar refractivity (Wildman–Crippen MR) is 68.2 cm³/mol. The molecule has 0 bridgehead atoms. The Bertz CT molecular complexity index is 386. The van der Waals surface area contributed by atoms with Gasteiger partial charge in [-0.1, -0.05) is 0 Å². The molecular formula is C13H18N2O3. The van der Waals surface area contributed by atoms with Crippen molar-refractivity contribution in [3.63, 3.8) is 0 Å². The molecule has 1 saturated heterocycles. The van der Waals surface area contributed by atoms with Crippen LogP contribution >= 0.6 is 0 Å². The number of aromatic carboxylic acids is 1. The highest BCUT2D eigenvalue weighted by Gasteiger charge is 2.09. The molecule has 0 atom stereocenters. The number of piperazine rings is 1. The molecule has 0 spiro atoms. The highest BCUT2D eigenvalue weighted by Crippen LogP contribution is 2.12. The summed E-state index contributed by atoms with van der Waals surface area (Å²) in [5.74, 6) is -0.197. The summed E-state index contributed by atoms with van der Waals surface area (Å²) < 4.78 is 5.59. The fourth-order valence-electron chi connectivity index (χ4n) is 1.92. The zero-order valence-electron chi connectivity index (χ0n) is 10.3. The van der Waals surface area contributed by atoms with Gasteiger partial charge in [-0.15, -0.1) is 0 Å². The number of ether oxygens (including phenoxy) is 1. The van der Waals surface area contributed by atoms with Crippen molar-refractivity contribution in [2.75, 3.05) is 39.3 Å². The second-order valence-electron chi connectivity index (χ2n) is 4.27. The van der Waals surface area contributed by atoms with E-state index in [4.69, 9.17) is 9.84 Å². The maximum Gasteiger partial charge on any atom is 0.335 e. The molecule has 0 amide bonds. The molecule has 1 heterocycles. The van der Waals surface area contributed by atoms with Gasteiger partial charge in [0.05, 0.1) is 5.56 Å². The number of nitrogens with one attached hydrogen (secondary N) is 1. The second kappa shape index (κ2) is 6.37. The van der Waals surface area contributed by atoms with Crippen LogP contribution in [0.1, 0.15) is 10.4 Å². The Balaban J connectivity index is 1.74. The molecule has 0 aromatic heterocycles. The minimum Gasteiger partial charge on any atom is -0.492 e. The van der Waals surface area contributed by atoms with Gasteiger partial charge in [0, 0.05) is 32.7 Å². The molecular weight excluding hydrogens is 232 g/mol. The summed E-state index contributed by atoms with van der Waals surface area (Å²) in [5, 5.41) is 12.1. The van der Waals surface area contributed by atoms with Crippen LogP contribution in [0.15, 0.2) is 24.3 Å². The third-order valence-electron chi connectivity index (χ3n) is 2.99. The lowest BCUT2D eigenvalue weighted by atomic mass is 10.2. The standard InChI is InChI=1S/C13H18N2O3/c16-13(17)11-1-3-12(4-2-11)18-10-9-15-7-5-14-6-8-15/h1-4,14H,5-10H2,(H,16,17). The van der Waals surface area contributed by atoms with Crippen molar-refractivity contribution < 1.29 is 14.6 Å². The first-order valence-electron chi connectivity index (χ1n) is 6.15. The van der Waals surface area contributed by atoms with Gasteiger partial charge < -0.3 is 15.2 Å². The lowest BCUT2D eigenvalue weighted by Gasteiger charge is -2.26. The summed E-state index contributed by atoms with van der Waals surface area (Å²) >= 11 is 0. The second-order valence-corrected chi connectivity index (χ2v) is 4.27. The van der Waals surface area contributed by atoms with E-state index in [1.165, 1.54) is 0 Å². The van der Waals surface area contributed by atoms with Crippen molar-refractivity contribution in [2.24, 2.45) is 0 Å². The van der Waals surface area contributed by atoms with E-state index in [0.29, 0.717) is 6.61 Å². The average Bonchev–Trinajstić information content (AvgIpc) is 2.40. The number of hydrogen-bond donors (Lipinski definition) is 2. The fourth-order valence-corrected chi connectivity index (χ4v) is 1.92. The Kier molecular flexibility index (Phi) is 4.55. The van der Waals surface area contributed by atoms with Crippen LogP contribution in [-0.4, -0.2) is 55.3 Å². The van der Waals surface area contributed by atoms with Gasteiger partial charge in [-0.3, -0.25) is 4.90 Å². The summed E-state index contributed by atoms with van der Waals surface area (Å²) in [5.41, 5.74) is 0.282. The Morgan fingerprint density at radius 1 is 1.28 bits per heavy atom. The molecule has 18 heavy (non-hydrogen) atoms. The Morgan fingerprint density at radius 2 is 1.94 bits per heavy atom. The number of carboxylic acid groups (broad SMARTS) is 1. The van der Waals surface area contributed by atoms with E-state index in [1.807, 2.05) is 0 Å². The maximum atomic E-state index is 10.7. The third-order valence-corrected chi connectivity index (χ3v) is 2.99. The van der Waals surface area contributed by atoms with E-state index < -0.39 is 5.97 Å². The summed E-state index contributed by atoms with van der Waals surface area (Å²) in [6, 6.07) is 6.51. The molecule has 1 aliphatic heterocycles. The summed E-state index contributed by atoms with van der Waals surface area (Å²) in [4.78, 5) is 13.0. The molecule has 1 fully saturated rings. The number of nitrogens with zero attached hydrogens (tertiary/aromatic N) is 1. The lowest BCUT2D eigenvalue weighted by molar-refractivity contribution is 0.0697. The summed E-state index contributed by atoms with van der Waals surface area (Å²) in [6.45, 7) is 5.72. The average molecular weight is 250 g/mol. The van der Waals surface area contributed by atoms with Crippen molar-refractivity contribution in [3.05, 3.63) is 29.8 Å². The number of benzene rings is 1. The van der Waals surface area contributed by atoms with Crippen molar-refractivity contribution in [1.82, 2.24) is 10.2 Å². The smallest absolute Gasteiger partial charge is 0.335 e. The van der Waals surface area contributed by atoms with Gasteiger partial charge in [0.25, 0.3) is 0 Å². The van der Waals surface area contributed by atoms with Crippen molar-refractivity contribution in [3.8, 4) is 5.75 Å². The van der Waals surface area contributed by atoms with E-state index in [2.05, 4.69) is 10.2 Å². The molecule has 0 unspecified atom stereocenters. The molecule has 0 radical (unpaired) electrons. The summed E-state index contributed by atoms with van der Waals surface area (Å²) in [7, 11) is 0. The lowest BCUT2D eigenvalue weighted by Crippen LogP contribution is -2.44. The third kappa shape index (κ3) is 3.72. The number of carbonyl (C=O) groups is 1. The predicted octanol–water partition coefficient (Wildman–Crippen LogP) is 0.669. The van der Waals surface area contributed by atoms with Gasteiger partial charge in [0.15, 0.2) is 0 Å². The molecule has 0 saturated carbocycles. The Labute approximate surface area is 106 Å². The SMILES string of the molecule is O=C(O)c1ccc(OCCN2CCNCC2)cc1. The molecule has 1 aliphatic rings. The van der Waals surface area contributed by atoms with Crippen LogP contribution in [0.3, 0.4) is 0 Å². The van der Waals surface area contributed by atoms with Gasteiger partial charge in [-0.05, 0) is 24.3 Å². The monoisotopic (exact) mass is 250 g/mol. The van der Waals surface area contributed by atoms with Crippen LogP contribution in [0.25, 0.3) is 0 Å². The number of carboxylic acids is 1. The van der Waals surface area contributed by atoms with E-state index in [0.717, 1.165) is 38.5 Å². The maximum absolute atomic E-state index is 10.7. The van der Waals surface area contributed by atoms with E-state index >= 15 is 0 Å². The molecule has 5 nitrogen and oxygen atoms in total. The first-order chi connectivity index (χ1) is 8.75. The quantitative estimate of drug-likeness (QED) is 0.804. The van der Waals surface area contributed by atoms with Crippen LogP contribution in [0.2, 0.25) is 0 Å². The molecule has 1 aromatic rings. The van der Waals surface area contributed by atoms with Gasteiger partial charge in [0.1, 0.15) is 12.4 Å². The zero-order chi connectivity index (χ0) is 12.8. The van der Waals surface area contributed by atoms with Gasteiger partial charge >= 0.3 is 5.97 Å². The van der Waals surface area contributed by atoms with Crippen molar-refractivity contribution >= 4 is 5.97 Å². The summed E-state index contributed by atoms with van der Waals surface area (Å²) in [6.07, 6.45) is 0. The van der Waals surface area contributed by atoms with E-state index in [-0.39, 0.29) is 5.56 Å². The topological polar surface area (TPSA) is 61.8 Å². The highest BCUT2D eigenvalue weighted by atomic mass is 16.5. The molecule has 0 aliphatic carbocycles. The van der Waals surface area contributed by atoms with Crippen LogP contribution in [-0.2, 0) is 0 Å². The molecule has 98 valence electrons. The van der Waals surface area contributed by atoms with Crippen LogP contribution < -0.4 is 10.1 Å². The largest absolute Gasteiger partial charge is 0.492 e. The number of hydrogen-bond acceptors (Lipinski definition) is 4. The molecule has 5 heteroatoms.